The molecule has 0 radical (unpaired) electrons. The van der Waals surface area contributed by atoms with E-state index in [0.717, 1.165) is 17.5 Å². The van der Waals surface area contributed by atoms with Gasteiger partial charge in [0.1, 0.15) is 0 Å². The summed E-state index contributed by atoms with van der Waals surface area (Å²) in [5, 5.41) is 3.15. The van der Waals surface area contributed by atoms with E-state index in [1.165, 1.54) is 19.3 Å². The van der Waals surface area contributed by atoms with E-state index in [1.807, 2.05) is 24.3 Å². The van der Waals surface area contributed by atoms with E-state index in [4.69, 9.17) is 5.73 Å². The quantitative estimate of drug-likeness (QED) is 0.896. The Morgan fingerprint density at radius 1 is 1.26 bits per heavy atom. The first-order chi connectivity index (χ1) is 8.70. The Hall–Kier alpha value is -1.06. The molecule has 0 bridgehead atoms. The summed E-state index contributed by atoms with van der Waals surface area (Å²) >= 11 is 0. The van der Waals surface area contributed by atoms with Crippen molar-refractivity contribution in [2.45, 2.75) is 45.2 Å². The zero-order valence-electron chi connectivity index (χ0n) is 11.4. The third-order valence-corrected chi connectivity index (χ3v) is 3.88. The summed E-state index contributed by atoms with van der Waals surface area (Å²) in [6.45, 7) is 2.74. The first-order valence-corrected chi connectivity index (χ1v) is 6.80. The fourth-order valence-electron chi connectivity index (χ4n) is 2.57. The van der Waals surface area contributed by atoms with Gasteiger partial charge in [-0.2, -0.15) is 0 Å². The lowest BCUT2D eigenvalue weighted by molar-refractivity contribution is 0.0910. The number of amides is 1. The van der Waals surface area contributed by atoms with Crippen molar-refractivity contribution in [1.29, 1.82) is 0 Å². The van der Waals surface area contributed by atoms with Crippen molar-refractivity contribution in [3.63, 3.8) is 0 Å². The third kappa shape index (κ3) is 4.22. The van der Waals surface area contributed by atoms with Gasteiger partial charge in [0.2, 0.25) is 0 Å². The largest absolute Gasteiger partial charge is 0.349 e. The van der Waals surface area contributed by atoms with Crippen LogP contribution in [0.4, 0.5) is 0 Å². The summed E-state index contributed by atoms with van der Waals surface area (Å²) in [5.74, 6) is 0.628. The molecule has 1 aliphatic carbocycles. The standard InChI is InChI=1S/C15H22N2O.ClH/c1-11-4-2-3-5-14(11)17-15(18)13-8-6-12(10-16)7-9-13;/h6-9,11,14H,2-5,10,16H2,1H3,(H,17,18);1H. The summed E-state index contributed by atoms with van der Waals surface area (Å²) < 4.78 is 0. The van der Waals surface area contributed by atoms with Crippen molar-refractivity contribution >= 4 is 18.3 Å². The molecule has 4 heteroatoms. The maximum Gasteiger partial charge on any atom is 0.251 e. The second-order valence-corrected chi connectivity index (χ2v) is 5.24. The molecule has 0 saturated heterocycles. The minimum Gasteiger partial charge on any atom is -0.349 e. The van der Waals surface area contributed by atoms with E-state index in [9.17, 15) is 4.79 Å². The molecule has 1 aliphatic rings. The summed E-state index contributed by atoms with van der Waals surface area (Å²) in [6.07, 6.45) is 4.84. The second kappa shape index (κ2) is 7.51. The van der Waals surface area contributed by atoms with Crippen molar-refractivity contribution in [1.82, 2.24) is 5.32 Å². The number of rotatable bonds is 3. The Morgan fingerprint density at radius 2 is 1.89 bits per heavy atom. The van der Waals surface area contributed by atoms with Gasteiger partial charge in [-0.05, 0) is 36.5 Å². The van der Waals surface area contributed by atoms with Gasteiger partial charge in [-0.3, -0.25) is 4.79 Å². The van der Waals surface area contributed by atoms with Crippen LogP contribution >= 0.6 is 12.4 Å². The molecule has 2 rings (SSSR count). The highest BCUT2D eigenvalue weighted by Crippen LogP contribution is 2.24. The first-order valence-electron chi connectivity index (χ1n) is 6.80. The predicted molar refractivity (Wildman–Crippen MR) is 80.5 cm³/mol. The van der Waals surface area contributed by atoms with Crippen LogP contribution in [0.15, 0.2) is 24.3 Å². The number of nitrogens with one attached hydrogen (secondary N) is 1. The number of carbonyl (C=O) groups excluding carboxylic acids is 1. The van der Waals surface area contributed by atoms with Gasteiger partial charge in [0.05, 0.1) is 0 Å². The van der Waals surface area contributed by atoms with E-state index in [0.29, 0.717) is 18.5 Å². The van der Waals surface area contributed by atoms with Crippen molar-refractivity contribution in [2.75, 3.05) is 0 Å². The third-order valence-electron chi connectivity index (χ3n) is 3.88. The van der Waals surface area contributed by atoms with Gasteiger partial charge in [0.25, 0.3) is 5.91 Å². The number of hydrogen-bond donors (Lipinski definition) is 2. The molecule has 0 aliphatic heterocycles. The van der Waals surface area contributed by atoms with Gasteiger partial charge < -0.3 is 11.1 Å². The Balaban J connectivity index is 0.00000180. The van der Waals surface area contributed by atoms with Crippen LogP contribution in [0.2, 0.25) is 0 Å². The van der Waals surface area contributed by atoms with Gasteiger partial charge in [-0.1, -0.05) is 31.9 Å². The lowest BCUT2D eigenvalue weighted by Crippen LogP contribution is -2.41. The highest BCUT2D eigenvalue weighted by Gasteiger charge is 2.23. The van der Waals surface area contributed by atoms with Crippen LogP contribution in [0, 0.1) is 5.92 Å². The van der Waals surface area contributed by atoms with Crippen molar-refractivity contribution in [3.8, 4) is 0 Å². The fourth-order valence-corrected chi connectivity index (χ4v) is 2.57. The van der Waals surface area contributed by atoms with Crippen LogP contribution in [0.5, 0.6) is 0 Å². The maximum absolute atomic E-state index is 12.1. The number of nitrogens with two attached hydrogens (primary N) is 1. The zero-order valence-corrected chi connectivity index (χ0v) is 12.2. The first kappa shape index (κ1) is 16.0. The molecule has 3 nitrogen and oxygen atoms in total. The molecule has 2 unspecified atom stereocenters. The highest BCUT2D eigenvalue weighted by atomic mass is 35.5. The van der Waals surface area contributed by atoms with Crippen LogP contribution in [-0.4, -0.2) is 11.9 Å². The lowest BCUT2D eigenvalue weighted by atomic mass is 9.86. The zero-order chi connectivity index (χ0) is 13.0. The van der Waals surface area contributed by atoms with Crippen LogP contribution in [0.25, 0.3) is 0 Å². The molecular formula is C15H23ClN2O. The maximum atomic E-state index is 12.1. The minimum absolute atomic E-state index is 0. The molecule has 1 aromatic rings. The van der Waals surface area contributed by atoms with E-state index in [2.05, 4.69) is 12.2 Å². The van der Waals surface area contributed by atoms with Crippen LogP contribution in [0.1, 0.15) is 48.5 Å². The molecule has 1 aromatic carbocycles. The van der Waals surface area contributed by atoms with Gasteiger partial charge >= 0.3 is 0 Å². The van der Waals surface area contributed by atoms with Crippen LogP contribution in [-0.2, 0) is 6.54 Å². The van der Waals surface area contributed by atoms with E-state index < -0.39 is 0 Å². The predicted octanol–water partition coefficient (Wildman–Crippen LogP) is 2.88. The number of benzene rings is 1. The molecule has 0 spiro atoms. The molecular weight excluding hydrogens is 260 g/mol. The molecule has 19 heavy (non-hydrogen) atoms. The monoisotopic (exact) mass is 282 g/mol. The van der Waals surface area contributed by atoms with Gasteiger partial charge in [0, 0.05) is 18.2 Å². The topological polar surface area (TPSA) is 55.1 Å². The summed E-state index contributed by atoms with van der Waals surface area (Å²) in [6, 6.07) is 7.87. The van der Waals surface area contributed by atoms with E-state index in [-0.39, 0.29) is 18.3 Å². The summed E-state index contributed by atoms with van der Waals surface area (Å²) in [4.78, 5) is 12.1. The van der Waals surface area contributed by atoms with E-state index >= 15 is 0 Å². The summed E-state index contributed by atoms with van der Waals surface area (Å²) in [7, 11) is 0. The molecule has 2 atom stereocenters. The Kier molecular flexibility index (Phi) is 6.32. The smallest absolute Gasteiger partial charge is 0.251 e. The van der Waals surface area contributed by atoms with E-state index in [1.54, 1.807) is 0 Å². The average molecular weight is 283 g/mol. The van der Waals surface area contributed by atoms with Gasteiger partial charge in [-0.25, -0.2) is 0 Å². The molecule has 3 N–H and O–H groups in total. The molecule has 106 valence electrons. The SMILES string of the molecule is CC1CCCCC1NC(=O)c1ccc(CN)cc1.Cl. The van der Waals surface area contributed by atoms with Crippen molar-refractivity contribution in [3.05, 3.63) is 35.4 Å². The Bertz CT molecular complexity index is 405. The number of hydrogen-bond acceptors (Lipinski definition) is 2. The summed E-state index contributed by atoms with van der Waals surface area (Å²) in [5.41, 5.74) is 7.32. The number of carbonyl (C=O) groups is 1. The van der Waals surface area contributed by atoms with Crippen molar-refractivity contribution < 1.29 is 4.79 Å². The van der Waals surface area contributed by atoms with Gasteiger partial charge in [0.15, 0.2) is 0 Å². The fraction of sp³-hybridized carbons (Fsp3) is 0.533. The second-order valence-electron chi connectivity index (χ2n) is 5.24. The van der Waals surface area contributed by atoms with Crippen LogP contribution in [0.3, 0.4) is 0 Å². The molecule has 1 saturated carbocycles. The Labute approximate surface area is 121 Å². The Morgan fingerprint density at radius 3 is 2.47 bits per heavy atom. The highest BCUT2D eigenvalue weighted by molar-refractivity contribution is 5.94. The average Bonchev–Trinajstić information content (AvgIpc) is 2.41. The van der Waals surface area contributed by atoms with Crippen molar-refractivity contribution in [2.24, 2.45) is 11.7 Å². The molecule has 1 fully saturated rings. The number of halogens is 1. The lowest BCUT2D eigenvalue weighted by Gasteiger charge is -2.29. The normalized spacial score (nSPS) is 22.4. The van der Waals surface area contributed by atoms with Crippen LogP contribution < -0.4 is 11.1 Å². The minimum atomic E-state index is 0. The molecule has 1 amide bonds. The van der Waals surface area contributed by atoms with Gasteiger partial charge in [-0.15, -0.1) is 12.4 Å². The molecule has 0 aromatic heterocycles. The molecule has 0 heterocycles.